The first kappa shape index (κ1) is 36.6. The maximum absolute atomic E-state index is 14.3. The Labute approximate surface area is 280 Å². The summed E-state index contributed by atoms with van der Waals surface area (Å²) in [6, 6.07) is 9.41. The lowest BCUT2D eigenvalue weighted by Crippen LogP contribution is -2.60. The van der Waals surface area contributed by atoms with Crippen LogP contribution in [0.4, 0.5) is 13.6 Å². The molecule has 5 unspecified atom stereocenters. The highest BCUT2D eigenvalue weighted by atomic mass is 19.2. The first-order valence-electron chi connectivity index (χ1n) is 16.1. The van der Waals surface area contributed by atoms with Crippen LogP contribution in [-0.2, 0) is 30.5 Å². The second-order valence-corrected chi connectivity index (χ2v) is 14.3. The zero-order valence-electron chi connectivity index (χ0n) is 28.5. The Morgan fingerprint density at radius 1 is 0.958 bits per heavy atom. The van der Waals surface area contributed by atoms with E-state index in [0.29, 0.717) is 6.42 Å². The van der Waals surface area contributed by atoms with Gasteiger partial charge >= 0.3 is 12.1 Å². The van der Waals surface area contributed by atoms with Crippen LogP contribution in [0.2, 0.25) is 0 Å². The van der Waals surface area contributed by atoms with Gasteiger partial charge in [-0.05, 0) is 57.2 Å². The lowest BCUT2D eigenvalue weighted by molar-refractivity contribution is -0.144. The number of esters is 1. The van der Waals surface area contributed by atoms with Crippen molar-refractivity contribution in [3.05, 3.63) is 65.7 Å². The summed E-state index contributed by atoms with van der Waals surface area (Å²) in [5, 5.41) is 5.71. The molecule has 2 heterocycles. The molecule has 2 aromatic rings. The second-order valence-electron chi connectivity index (χ2n) is 14.3. The summed E-state index contributed by atoms with van der Waals surface area (Å²) in [6.07, 6.45) is -0.954. The molecule has 2 N–H and O–H groups in total. The van der Waals surface area contributed by atoms with E-state index in [0.717, 1.165) is 17.7 Å². The highest BCUT2D eigenvalue weighted by Crippen LogP contribution is 2.37. The third kappa shape index (κ3) is 9.21. The Morgan fingerprint density at radius 3 is 2.27 bits per heavy atom. The van der Waals surface area contributed by atoms with Crippen molar-refractivity contribution < 1.29 is 42.2 Å². The molecule has 2 fully saturated rings. The van der Waals surface area contributed by atoms with Gasteiger partial charge in [0.15, 0.2) is 11.6 Å². The Kier molecular flexibility index (Phi) is 11.3. The lowest BCUT2D eigenvalue weighted by Gasteiger charge is -2.37. The fourth-order valence-electron chi connectivity index (χ4n) is 5.84. The molecule has 0 bridgehead atoms. The number of likely N-dealkylation sites (tertiary alicyclic amines) is 2. The molecule has 3 amide bonds. The average Bonchev–Trinajstić information content (AvgIpc) is 3.59. The van der Waals surface area contributed by atoms with E-state index in [4.69, 9.17) is 14.2 Å². The minimum atomic E-state index is -1.09. The summed E-state index contributed by atoms with van der Waals surface area (Å²) in [7, 11) is 0. The van der Waals surface area contributed by atoms with Gasteiger partial charge in [0.25, 0.3) is 0 Å². The Hall–Kier alpha value is -4.26. The van der Waals surface area contributed by atoms with Crippen molar-refractivity contribution in [1.82, 2.24) is 20.4 Å². The summed E-state index contributed by atoms with van der Waals surface area (Å²) in [4.78, 5) is 56.3. The maximum Gasteiger partial charge on any atom is 0.410 e. The van der Waals surface area contributed by atoms with Crippen LogP contribution in [0.25, 0.3) is 0 Å². The van der Waals surface area contributed by atoms with Crippen LogP contribution < -0.4 is 15.4 Å². The molecule has 0 spiro atoms. The van der Waals surface area contributed by atoms with Crippen LogP contribution in [0.1, 0.15) is 60.5 Å². The number of hydrogen-bond donors (Lipinski definition) is 2. The fraction of sp³-hybridized carbons (Fsp3) is 0.543. The van der Waals surface area contributed by atoms with Crippen LogP contribution in [-0.4, -0.2) is 89.2 Å². The van der Waals surface area contributed by atoms with E-state index in [1.807, 2.05) is 51.1 Å². The lowest BCUT2D eigenvalue weighted by atomic mass is 9.85. The standard InChI is InChI=1S/C35H46F2N4O7/c1-21(38-18-28(42)46-20-22-11-9-8-10-12-22)31(43)39-30(34(2,3)4)32(44)40-16-15-26-29(40)27(19-41(26)33(45)48-35(5,6)7)47-23-13-14-24(36)25(37)17-23/h8-14,17,21,26-27,29-30,38H,15-16,18-20H2,1-7H3,(H,39,43). The van der Waals surface area contributed by atoms with Crippen molar-refractivity contribution in [2.75, 3.05) is 19.6 Å². The molecule has 0 aromatic heterocycles. The van der Waals surface area contributed by atoms with Crippen molar-refractivity contribution in [1.29, 1.82) is 0 Å². The summed E-state index contributed by atoms with van der Waals surface area (Å²) in [6.45, 7) is 12.5. The van der Waals surface area contributed by atoms with Gasteiger partial charge in [-0.3, -0.25) is 24.6 Å². The van der Waals surface area contributed by atoms with Crippen LogP contribution in [0.3, 0.4) is 0 Å². The molecule has 2 saturated heterocycles. The normalized spacial score (nSPS) is 20.5. The van der Waals surface area contributed by atoms with E-state index < -0.39 is 70.9 Å². The largest absolute Gasteiger partial charge is 0.486 e. The topological polar surface area (TPSA) is 127 Å². The van der Waals surface area contributed by atoms with E-state index >= 15 is 0 Å². The summed E-state index contributed by atoms with van der Waals surface area (Å²) < 4.78 is 44.8. The van der Waals surface area contributed by atoms with Crippen molar-refractivity contribution >= 4 is 23.9 Å². The number of nitrogens with zero attached hydrogens (tertiary/aromatic N) is 2. The maximum atomic E-state index is 14.3. The Balaban J connectivity index is 1.47. The summed E-state index contributed by atoms with van der Waals surface area (Å²) in [5.74, 6) is -3.49. The molecule has 2 aromatic carbocycles. The highest BCUT2D eigenvalue weighted by molar-refractivity contribution is 5.91. The first-order valence-corrected chi connectivity index (χ1v) is 16.1. The van der Waals surface area contributed by atoms with Crippen LogP contribution in [0.15, 0.2) is 48.5 Å². The molecule has 4 rings (SSSR count). The molecule has 2 aliphatic rings. The third-order valence-corrected chi connectivity index (χ3v) is 8.26. The predicted molar refractivity (Wildman–Crippen MR) is 173 cm³/mol. The smallest absolute Gasteiger partial charge is 0.410 e. The third-order valence-electron chi connectivity index (χ3n) is 8.26. The molecule has 5 atom stereocenters. The number of benzene rings is 2. The molecule has 2 aliphatic heterocycles. The second kappa shape index (κ2) is 14.9. The van der Waals surface area contributed by atoms with Crippen LogP contribution in [0, 0.1) is 17.0 Å². The molecular weight excluding hydrogens is 626 g/mol. The number of nitrogens with one attached hydrogen (secondary N) is 2. The average molecular weight is 673 g/mol. The van der Waals surface area contributed by atoms with Gasteiger partial charge in [0, 0.05) is 12.6 Å². The van der Waals surface area contributed by atoms with Gasteiger partial charge in [0.05, 0.1) is 31.2 Å². The van der Waals surface area contributed by atoms with Gasteiger partial charge in [-0.2, -0.15) is 0 Å². The van der Waals surface area contributed by atoms with E-state index in [2.05, 4.69) is 10.6 Å². The predicted octanol–water partition coefficient (Wildman–Crippen LogP) is 4.18. The van der Waals surface area contributed by atoms with E-state index in [1.54, 1.807) is 32.6 Å². The molecular formula is C35H46F2N4O7. The highest BCUT2D eigenvalue weighted by Gasteiger charge is 2.55. The van der Waals surface area contributed by atoms with Gasteiger partial charge in [-0.1, -0.05) is 51.1 Å². The summed E-state index contributed by atoms with van der Waals surface area (Å²) >= 11 is 0. The van der Waals surface area contributed by atoms with Crippen LogP contribution in [0.5, 0.6) is 5.75 Å². The van der Waals surface area contributed by atoms with Crippen molar-refractivity contribution in [2.45, 2.75) is 97.4 Å². The molecule has 0 aliphatic carbocycles. The van der Waals surface area contributed by atoms with Gasteiger partial charge in [-0.15, -0.1) is 0 Å². The number of amides is 3. The number of ether oxygens (including phenoxy) is 3. The van der Waals surface area contributed by atoms with Crippen molar-refractivity contribution in [2.24, 2.45) is 5.41 Å². The molecule has 0 saturated carbocycles. The minimum Gasteiger partial charge on any atom is -0.486 e. The zero-order valence-corrected chi connectivity index (χ0v) is 28.5. The minimum absolute atomic E-state index is 0.0426. The SMILES string of the molecule is CC(NCC(=O)OCc1ccccc1)C(=O)NC(C(=O)N1CCC2C1C(Oc1ccc(F)c(F)c1)CN2C(=O)OC(C)(C)C)C(C)(C)C. The number of carbonyl (C=O) groups is 4. The molecule has 262 valence electrons. The molecule has 48 heavy (non-hydrogen) atoms. The van der Waals surface area contributed by atoms with Gasteiger partial charge in [0.1, 0.15) is 30.1 Å². The van der Waals surface area contributed by atoms with Crippen molar-refractivity contribution in [3.63, 3.8) is 0 Å². The monoisotopic (exact) mass is 672 g/mol. The molecule has 13 heteroatoms. The number of fused-ring (bicyclic) bond motifs is 1. The van der Waals surface area contributed by atoms with E-state index in [9.17, 15) is 28.0 Å². The van der Waals surface area contributed by atoms with E-state index in [-0.39, 0.29) is 37.9 Å². The Bertz CT molecular complexity index is 1480. The fourth-order valence-corrected chi connectivity index (χ4v) is 5.84. The van der Waals surface area contributed by atoms with Gasteiger partial charge in [-0.25, -0.2) is 13.6 Å². The number of hydrogen-bond acceptors (Lipinski definition) is 8. The molecule has 11 nitrogen and oxygen atoms in total. The summed E-state index contributed by atoms with van der Waals surface area (Å²) in [5.41, 5.74) is -0.676. The van der Waals surface area contributed by atoms with E-state index in [1.165, 1.54) is 11.0 Å². The van der Waals surface area contributed by atoms with Crippen LogP contribution >= 0.6 is 0 Å². The van der Waals surface area contributed by atoms with Gasteiger partial charge in [0.2, 0.25) is 11.8 Å². The Morgan fingerprint density at radius 2 is 1.65 bits per heavy atom. The number of halogens is 2. The number of carbonyl (C=O) groups excluding carboxylic acids is 4. The first-order chi connectivity index (χ1) is 22.4. The quantitative estimate of drug-likeness (QED) is 0.360. The molecule has 0 radical (unpaired) electrons. The zero-order chi connectivity index (χ0) is 35.4. The van der Waals surface area contributed by atoms with Crippen molar-refractivity contribution in [3.8, 4) is 5.75 Å². The van der Waals surface area contributed by atoms with Gasteiger partial charge < -0.3 is 24.4 Å². The number of rotatable bonds is 10.